The molecular formula is C20H29N5O. The molecule has 1 aliphatic heterocycles. The van der Waals surface area contributed by atoms with E-state index < -0.39 is 0 Å². The molecule has 6 nitrogen and oxygen atoms in total. The van der Waals surface area contributed by atoms with Crippen molar-refractivity contribution in [1.82, 2.24) is 24.6 Å². The lowest BCUT2D eigenvalue weighted by atomic mass is 9.94. The molecule has 0 spiro atoms. The van der Waals surface area contributed by atoms with Gasteiger partial charge in [0.05, 0.1) is 23.1 Å². The van der Waals surface area contributed by atoms with Crippen LogP contribution in [-0.4, -0.2) is 37.1 Å². The van der Waals surface area contributed by atoms with E-state index in [2.05, 4.69) is 28.9 Å². The van der Waals surface area contributed by atoms with E-state index in [1.54, 1.807) is 6.20 Å². The molecule has 0 aromatic carbocycles. The van der Waals surface area contributed by atoms with Gasteiger partial charge in [0.25, 0.3) is 0 Å². The first kappa shape index (κ1) is 18.5. The molecule has 2 aromatic rings. The number of hydrogen-bond donors (Lipinski definition) is 0. The van der Waals surface area contributed by atoms with Crippen LogP contribution in [0.1, 0.15) is 71.1 Å². The van der Waals surface area contributed by atoms with Gasteiger partial charge in [0.15, 0.2) is 0 Å². The highest BCUT2D eigenvalue weighted by Crippen LogP contribution is 2.35. The Bertz CT molecular complexity index is 803. The van der Waals surface area contributed by atoms with Crippen molar-refractivity contribution < 1.29 is 4.79 Å². The van der Waals surface area contributed by atoms with Crippen LogP contribution in [0.25, 0.3) is 11.4 Å². The number of likely N-dealkylation sites (tertiary alicyclic amines) is 1. The topological polar surface area (TPSA) is 63.9 Å². The molecule has 0 radical (unpaired) electrons. The van der Waals surface area contributed by atoms with Gasteiger partial charge in [-0.25, -0.2) is 9.97 Å². The van der Waals surface area contributed by atoms with Crippen LogP contribution in [0, 0.1) is 12.3 Å². The first-order valence-electron chi connectivity index (χ1n) is 9.39. The predicted octanol–water partition coefficient (Wildman–Crippen LogP) is 3.94. The fraction of sp³-hybridized carbons (Fsp3) is 0.600. The van der Waals surface area contributed by atoms with Gasteiger partial charge in [-0.05, 0) is 45.7 Å². The average molecular weight is 355 g/mol. The fourth-order valence-corrected chi connectivity index (χ4v) is 3.57. The summed E-state index contributed by atoms with van der Waals surface area (Å²) in [7, 11) is 0. The summed E-state index contributed by atoms with van der Waals surface area (Å²) in [4.78, 5) is 24.2. The third-order valence-electron chi connectivity index (χ3n) is 4.78. The zero-order valence-corrected chi connectivity index (χ0v) is 16.7. The number of rotatable bonds is 3. The Kier molecular flexibility index (Phi) is 4.86. The van der Waals surface area contributed by atoms with Crippen LogP contribution in [0.3, 0.4) is 0 Å². The van der Waals surface area contributed by atoms with Gasteiger partial charge in [0.1, 0.15) is 5.82 Å². The van der Waals surface area contributed by atoms with E-state index in [4.69, 9.17) is 0 Å². The quantitative estimate of drug-likeness (QED) is 0.836. The van der Waals surface area contributed by atoms with Crippen LogP contribution in [0.2, 0.25) is 0 Å². The second-order valence-electron chi connectivity index (χ2n) is 8.39. The van der Waals surface area contributed by atoms with Gasteiger partial charge >= 0.3 is 0 Å². The van der Waals surface area contributed by atoms with Crippen molar-refractivity contribution in [3.05, 3.63) is 29.8 Å². The van der Waals surface area contributed by atoms with E-state index in [9.17, 15) is 4.79 Å². The molecule has 1 saturated heterocycles. The van der Waals surface area contributed by atoms with Gasteiger partial charge in [-0.15, -0.1) is 0 Å². The lowest BCUT2D eigenvalue weighted by Crippen LogP contribution is -2.39. The minimum absolute atomic E-state index is 0.0256. The molecule has 1 fully saturated rings. The fourth-order valence-electron chi connectivity index (χ4n) is 3.57. The maximum atomic E-state index is 12.9. The largest absolute Gasteiger partial charge is 0.334 e. The number of nitrogens with zero attached hydrogens (tertiary/aromatic N) is 5. The van der Waals surface area contributed by atoms with Crippen molar-refractivity contribution in [3.8, 4) is 11.4 Å². The molecule has 6 heteroatoms. The maximum Gasteiger partial charge on any atom is 0.228 e. The number of hydrogen-bond acceptors (Lipinski definition) is 4. The van der Waals surface area contributed by atoms with Crippen molar-refractivity contribution in [1.29, 1.82) is 0 Å². The first-order chi connectivity index (χ1) is 12.2. The average Bonchev–Trinajstić information content (AvgIpc) is 3.21. The van der Waals surface area contributed by atoms with E-state index in [0.717, 1.165) is 42.3 Å². The van der Waals surface area contributed by atoms with E-state index >= 15 is 0 Å². The summed E-state index contributed by atoms with van der Waals surface area (Å²) in [5.41, 5.74) is 2.40. The molecular weight excluding hydrogens is 326 g/mol. The number of carbonyl (C=O) groups is 1. The van der Waals surface area contributed by atoms with Crippen molar-refractivity contribution in [2.75, 3.05) is 6.54 Å². The molecule has 3 heterocycles. The second-order valence-corrected chi connectivity index (χ2v) is 8.39. The third-order valence-corrected chi connectivity index (χ3v) is 4.78. The predicted molar refractivity (Wildman–Crippen MR) is 102 cm³/mol. The molecule has 1 unspecified atom stereocenters. The van der Waals surface area contributed by atoms with E-state index in [1.807, 2.05) is 49.4 Å². The van der Waals surface area contributed by atoms with Crippen molar-refractivity contribution in [2.45, 2.75) is 66.5 Å². The van der Waals surface area contributed by atoms with Crippen molar-refractivity contribution in [3.63, 3.8) is 0 Å². The first-order valence-corrected chi connectivity index (χ1v) is 9.39. The minimum atomic E-state index is -0.385. The Morgan fingerprint density at radius 1 is 1.27 bits per heavy atom. The van der Waals surface area contributed by atoms with Gasteiger partial charge < -0.3 is 4.90 Å². The van der Waals surface area contributed by atoms with Gasteiger partial charge in [0, 0.05) is 24.2 Å². The monoisotopic (exact) mass is 355 g/mol. The normalized spacial score (nSPS) is 18.0. The summed E-state index contributed by atoms with van der Waals surface area (Å²) in [5.74, 6) is 0.911. The Labute approximate surface area is 155 Å². The summed E-state index contributed by atoms with van der Waals surface area (Å²) < 4.78 is 1.97. The van der Waals surface area contributed by atoms with Crippen LogP contribution in [0.15, 0.2) is 18.3 Å². The SMILES string of the molecule is Cc1nc(-c2ccnn2C(C)C)cc(C2CCCN2C(=O)C(C)(C)C)n1. The molecule has 26 heavy (non-hydrogen) atoms. The van der Waals surface area contributed by atoms with Crippen LogP contribution in [0.4, 0.5) is 0 Å². The van der Waals surface area contributed by atoms with Gasteiger partial charge in [-0.2, -0.15) is 5.10 Å². The number of amides is 1. The highest BCUT2D eigenvalue weighted by atomic mass is 16.2. The summed E-state index contributed by atoms with van der Waals surface area (Å²) >= 11 is 0. The lowest BCUT2D eigenvalue weighted by Gasteiger charge is -2.30. The molecule has 2 aromatic heterocycles. The Balaban J connectivity index is 2.00. The van der Waals surface area contributed by atoms with Crippen molar-refractivity contribution >= 4 is 5.91 Å². The number of aromatic nitrogens is 4. The Morgan fingerprint density at radius 3 is 2.65 bits per heavy atom. The molecule has 0 saturated carbocycles. The molecule has 140 valence electrons. The van der Waals surface area contributed by atoms with Gasteiger partial charge in [0.2, 0.25) is 5.91 Å². The Morgan fingerprint density at radius 2 is 2.00 bits per heavy atom. The molecule has 1 amide bonds. The number of carbonyl (C=O) groups excluding carboxylic acids is 1. The van der Waals surface area contributed by atoms with E-state index in [0.29, 0.717) is 0 Å². The molecule has 1 aliphatic rings. The summed E-state index contributed by atoms with van der Waals surface area (Å²) in [5, 5.41) is 4.42. The minimum Gasteiger partial charge on any atom is -0.334 e. The van der Waals surface area contributed by atoms with Crippen LogP contribution in [-0.2, 0) is 4.79 Å². The van der Waals surface area contributed by atoms with Crippen LogP contribution < -0.4 is 0 Å². The molecule has 3 rings (SSSR count). The lowest BCUT2D eigenvalue weighted by molar-refractivity contribution is -0.140. The number of aryl methyl sites for hydroxylation is 1. The molecule has 0 N–H and O–H groups in total. The molecule has 0 aliphatic carbocycles. The van der Waals surface area contributed by atoms with Crippen LogP contribution >= 0.6 is 0 Å². The summed E-state index contributed by atoms with van der Waals surface area (Å²) in [6.07, 6.45) is 3.76. The molecule has 0 bridgehead atoms. The summed E-state index contributed by atoms with van der Waals surface area (Å²) in [6, 6.07) is 4.29. The molecule has 1 atom stereocenters. The zero-order chi connectivity index (χ0) is 19.1. The standard InChI is InChI=1S/C20H29N5O/c1-13(2)25-18(9-10-21-25)16-12-15(22-14(3)23-16)17-8-7-11-24(17)19(26)20(4,5)6/h9-10,12-13,17H,7-8,11H2,1-6H3. The maximum absolute atomic E-state index is 12.9. The Hall–Kier alpha value is -2.24. The summed E-state index contributed by atoms with van der Waals surface area (Å²) in [6.45, 7) is 12.8. The van der Waals surface area contributed by atoms with E-state index in [1.165, 1.54) is 0 Å². The zero-order valence-electron chi connectivity index (χ0n) is 16.7. The van der Waals surface area contributed by atoms with Gasteiger partial charge in [-0.3, -0.25) is 9.48 Å². The van der Waals surface area contributed by atoms with Crippen LogP contribution in [0.5, 0.6) is 0 Å². The smallest absolute Gasteiger partial charge is 0.228 e. The highest BCUT2D eigenvalue weighted by Gasteiger charge is 2.36. The van der Waals surface area contributed by atoms with Gasteiger partial charge in [-0.1, -0.05) is 20.8 Å². The van der Waals surface area contributed by atoms with E-state index in [-0.39, 0.29) is 23.4 Å². The third kappa shape index (κ3) is 3.50. The van der Waals surface area contributed by atoms with Crippen molar-refractivity contribution in [2.24, 2.45) is 5.41 Å². The second kappa shape index (κ2) is 6.82. The highest BCUT2D eigenvalue weighted by molar-refractivity contribution is 5.82.